The van der Waals surface area contributed by atoms with E-state index in [2.05, 4.69) is 146 Å². The first kappa shape index (κ1) is 37.6. The Balaban J connectivity index is 0.923. The Kier molecular flexibility index (Phi) is 13.4. The van der Waals surface area contributed by atoms with E-state index in [0.717, 1.165) is 30.8 Å². The smallest absolute Gasteiger partial charge is 0.330 e. The van der Waals surface area contributed by atoms with Crippen LogP contribution in [0.25, 0.3) is 0 Å². The number of aliphatic imine (C=N–C) groups is 2. The van der Waals surface area contributed by atoms with Crippen molar-refractivity contribution in [1.82, 2.24) is 10.6 Å². The molecule has 0 aliphatic carbocycles. The Bertz CT molecular complexity index is 1770. The van der Waals surface area contributed by atoms with Crippen molar-refractivity contribution in [2.24, 2.45) is 15.7 Å². The molecule has 1 unspecified atom stereocenters. The van der Waals surface area contributed by atoms with Crippen LogP contribution in [0, 0.1) is 0 Å². The average Bonchev–Trinajstić information content (AvgIpc) is 3.20. The standard InChI is InChI=1S/C44H51IN5OP/c45-52(39-22-12-7-13-23-39,40-24-14-8-15-25-40,41-26-16-9-17-27-41)35-19-5-3-1-2-4-18-34-51-38-30-28-37(29-31-38)42-48-43(46)50-44(49-42)47-33-32-36-20-10-6-11-21-36/h6-17,20-31,42H,1-5,18-19,32-35H2,(H4,46,47,48,49,50). The van der Waals surface area contributed by atoms with E-state index in [1.54, 1.807) is 0 Å². The van der Waals surface area contributed by atoms with Crippen LogP contribution in [0.1, 0.15) is 62.2 Å². The molecule has 8 heteroatoms. The number of hydrogen-bond donors (Lipinski definition) is 3. The Morgan fingerprint density at radius 1 is 0.635 bits per heavy atom. The monoisotopic (exact) mass is 823 g/mol. The van der Waals surface area contributed by atoms with E-state index >= 15 is 0 Å². The first-order valence-corrected chi connectivity index (χ1v) is 23.8. The van der Waals surface area contributed by atoms with Crippen LogP contribution >= 0.6 is 26.3 Å². The van der Waals surface area contributed by atoms with Crippen LogP contribution in [-0.2, 0) is 6.42 Å². The zero-order chi connectivity index (χ0) is 35.9. The van der Waals surface area contributed by atoms with Gasteiger partial charge < -0.3 is 11.1 Å². The van der Waals surface area contributed by atoms with Crippen LogP contribution in [0.3, 0.4) is 0 Å². The second kappa shape index (κ2) is 18.5. The summed E-state index contributed by atoms with van der Waals surface area (Å²) in [6, 6.07) is 52.3. The minimum atomic E-state index is -2.66. The molecular formula is C44H51IN5OP. The quantitative estimate of drug-likeness (QED) is 0.0469. The van der Waals surface area contributed by atoms with Crippen molar-refractivity contribution in [3.05, 3.63) is 157 Å². The van der Waals surface area contributed by atoms with Gasteiger partial charge in [0, 0.05) is 6.54 Å². The topological polar surface area (TPSA) is 84.0 Å². The zero-order valence-corrected chi connectivity index (χ0v) is 33.0. The Labute approximate surface area is 322 Å². The molecular weight excluding hydrogens is 772 g/mol. The number of nitrogens with zero attached hydrogens (tertiary/aromatic N) is 2. The fourth-order valence-electron chi connectivity index (χ4n) is 7.06. The third-order valence-electron chi connectivity index (χ3n) is 9.87. The van der Waals surface area contributed by atoms with Crippen LogP contribution in [0.5, 0.6) is 5.75 Å². The molecule has 0 spiro atoms. The van der Waals surface area contributed by atoms with Gasteiger partial charge in [0.25, 0.3) is 0 Å². The summed E-state index contributed by atoms with van der Waals surface area (Å²) in [5.41, 5.74) is 8.36. The summed E-state index contributed by atoms with van der Waals surface area (Å²) in [7, 11) is 0. The van der Waals surface area contributed by atoms with E-state index in [-0.39, 0.29) is 6.17 Å². The van der Waals surface area contributed by atoms with Gasteiger partial charge in [0.05, 0.1) is 0 Å². The number of nitrogens with one attached hydrogen (secondary N) is 2. The minimum Gasteiger partial charge on any atom is -0.330 e. The summed E-state index contributed by atoms with van der Waals surface area (Å²) in [5, 5.41) is 10.8. The molecule has 0 bridgehead atoms. The fourth-order valence-corrected chi connectivity index (χ4v) is 15.8. The van der Waals surface area contributed by atoms with Gasteiger partial charge in [0.2, 0.25) is 0 Å². The fraction of sp³-hybridized carbons (Fsp3) is 0.273. The summed E-state index contributed by atoms with van der Waals surface area (Å²) in [6.45, 7) is 1.38. The van der Waals surface area contributed by atoms with Crippen LogP contribution in [0.2, 0.25) is 0 Å². The number of unbranched alkanes of at least 4 members (excludes halogenated alkanes) is 6. The molecule has 0 aromatic heterocycles. The molecule has 0 radical (unpaired) electrons. The number of benzene rings is 5. The van der Waals surface area contributed by atoms with Gasteiger partial charge in [0.15, 0.2) is 18.1 Å². The first-order valence-electron chi connectivity index (χ1n) is 18.6. The molecule has 1 heterocycles. The number of guanidine groups is 2. The molecule has 0 fully saturated rings. The van der Waals surface area contributed by atoms with Gasteiger partial charge >= 0.3 is 214 Å². The molecule has 5 aromatic rings. The second-order valence-electron chi connectivity index (χ2n) is 13.5. The van der Waals surface area contributed by atoms with Gasteiger partial charge in [-0.1, -0.05) is 42.5 Å². The second-order valence-corrected chi connectivity index (χ2v) is 24.2. The van der Waals surface area contributed by atoms with Crippen LogP contribution in [0.4, 0.5) is 0 Å². The summed E-state index contributed by atoms with van der Waals surface area (Å²) < 4.78 is 3.43. The van der Waals surface area contributed by atoms with E-state index in [1.807, 2.05) is 42.5 Å². The van der Waals surface area contributed by atoms with E-state index in [9.17, 15) is 0 Å². The molecule has 1 aliphatic heterocycles. The van der Waals surface area contributed by atoms with Crippen molar-refractivity contribution in [2.75, 3.05) is 19.3 Å². The van der Waals surface area contributed by atoms with Gasteiger partial charge in [-0.2, -0.15) is 0 Å². The summed E-state index contributed by atoms with van der Waals surface area (Å²) >= 11 is 2.91. The van der Waals surface area contributed by atoms with Gasteiger partial charge in [0.1, 0.15) is 0 Å². The third kappa shape index (κ3) is 9.42. The van der Waals surface area contributed by atoms with Gasteiger partial charge in [-0.15, -0.1) is 0 Å². The molecule has 1 atom stereocenters. The summed E-state index contributed by atoms with van der Waals surface area (Å²) in [6.07, 6.45) is 10.2. The zero-order valence-electron chi connectivity index (χ0n) is 29.9. The molecule has 6 nitrogen and oxygen atoms in total. The van der Waals surface area contributed by atoms with Crippen molar-refractivity contribution in [2.45, 2.75) is 57.5 Å². The summed E-state index contributed by atoms with van der Waals surface area (Å²) in [5.74, 6) is 1.88. The van der Waals surface area contributed by atoms with E-state index in [4.69, 9.17) is 10.5 Å². The van der Waals surface area contributed by atoms with E-state index in [0.29, 0.717) is 18.5 Å². The van der Waals surface area contributed by atoms with Crippen molar-refractivity contribution in [1.29, 1.82) is 0 Å². The van der Waals surface area contributed by atoms with E-state index in [1.165, 1.54) is 66.2 Å². The van der Waals surface area contributed by atoms with Crippen LogP contribution in [-0.4, -0.2) is 31.2 Å². The molecule has 270 valence electrons. The normalized spacial score (nSPS) is 15.9. The first-order chi connectivity index (χ1) is 25.5. The average molecular weight is 824 g/mol. The molecule has 5 aromatic carbocycles. The Morgan fingerprint density at radius 3 is 1.69 bits per heavy atom. The van der Waals surface area contributed by atoms with Gasteiger partial charge in [-0.25, -0.2) is 4.99 Å². The molecule has 1 aliphatic rings. The predicted molar refractivity (Wildman–Crippen MR) is 231 cm³/mol. The Morgan fingerprint density at radius 2 is 1.13 bits per heavy atom. The number of rotatable bonds is 18. The van der Waals surface area contributed by atoms with Crippen molar-refractivity contribution < 1.29 is 4.74 Å². The van der Waals surface area contributed by atoms with E-state index < -0.39 is 4.25 Å². The minimum absolute atomic E-state index is 0.290. The number of hydrogen-bond acceptors (Lipinski definition) is 4. The number of nitrogens with two attached hydrogens (primary N) is 1. The molecule has 0 amide bonds. The molecule has 52 heavy (non-hydrogen) atoms. The van der Waals surface area contributed by atoms with Crippen LogP contribution in [0.15, 0.2) is 156 Å². The predicted octanol–water partition coefficient (Wildman–Crippen LogP) is 8.78. The molecule has 0 saturated carbocycles. The van der Waals surface area contributed by atoms with Gasteiger partial charge in [-0.05, 0) is 17.5 Å². The maximum atomic E-state index is 6.09. The van der Waals surface area contributed by atoms with Crippen molar-refractivity contribution >= 4 is 54.1 Å². The molecule has 0 saturated heterocycles. The van der Waals surface area contributed by atoms with Gasteiger partial charge in [-0.3, -0.25) is 10.3 Å². The summed E-state index contributed by atoms with van der Waals surface area (Å²) in [4.78, 5) is 9.19. The maximum absolute atomic E-state index is 6.09. The Hall–Kier alpha value is -4.20. The third-order valence-corrected chi connectivity index (χ3v) is 21.6. The molecule has 6 rings (SSSR count). The number of halogens is 1. The molecule has 4 N–H and O–H groups in total. The van der Waals surface area contributed by atoms with Crippen molar-refractivity contribution in [3.8, 4) is 5.75 Å². The van der Waals surface area contributed by atoms with Crippen LogP contribution < -0.4 is 37.0 Å². The SMILES string of the molecule is NC1=NC(c2ccc(OCCCCCCCCCP(I)(c3ccccc3)(c3ccccc3)c3ccccc3)cc2)NC(=NCCc2ccccc2)N1. The van der Waals surface area contributed by atoms with Crippen molar-refractivity contribution in [3.63, 3.8) is 0 Å². The number of ether oxygens (including phenoxy) is 1.